The average molecular weight is 327 g/mol. The number of thioether (sulfide) groups is 1. The van der Waals surface area contributed by atoms with Gasteiger partial charge in [0.15, 0.2) is 5.69 Å². The first-order chi connectivity index (χ1) is 10.3. The van der Waals surface area contributed by atoms with E-state index in [0.29, 0.717) is 16.7 Å². The SMILES string of the molecule is O=C(c1nc(N2CCCCC2)ncc1Cl)N1CCSCC1. The molecule has 114 valence electrons. The van der Waals surface area contributed by atoms with E-state index in [1.54, 1.807) is 6.20 Å². The number of rotatable bonds is 2. The number of nitrogens with zero attached hydrogens (tertiary/aromatic N) is 4. The highest BCUT2D eigenvalue weighted by molar-refractivity contribution is 7.99. The molecule has 0 saturated carbocycles. The highest BCUT2D eigenvalue weighted by Crippen LogP contribution is 2.22. The number of piperidine rings is 1. The van der Waals surface area contributed by atoms with Crippen molar-refractivity contribution < 1.29 is 4.79 Å². The predicted molar refractivity (Wildman–Crippen MR) is 86.3 cm³/mol. The lowest BCUT2D eigenvalue weighted by atomic mass is 10.1. The zero-order chi connectivity index (χ0) is 14.7. The van der Waals surface area contributed by atoms with Crippen molar-refractivity contribution in [1.82, 2.24) is 14.9 Å². The fourth-order valence-electron chi connectivity index (χ4n) is 2.67. The molecule has 1 amide bonds. The second-order valence-corrected chi connectivity index (χ2v) is 6.95. The van der Waals surface area contributed by atoms with Gasteiger partial charge in [0.05, 0.1) is 11.2 Å². The van der Waals surface area contributed by atoms with Crippen LogP contribution in [0.3, 0.4) is 0 Å². The first-order valence-corrected chi connectivity index (χ1v) is 8.93. The first kappa shape index (κ1) is 14.9. The van der Waals surface area contributed by atoms with E-state index in [4.69, 9.17) is 11.6 Å². The minimum absolute atomic E-state index is 0.0686. The Morgan fingerprint density at radius 3 is 2.57 bits per heavy atom. The van der Waals surface area contributed by atoms with Crippen LogP contribution in [0.25, 0.3) is 0 Å². The molecule has 2 aliphatic heterocycles. The summed E-state index contributed by atoms with van der Waals surface area (Å²) in [6.45, 7) is 3.44. The van der Waals surface area contributed by atoms with Gasteiger partial charge in [-0.2, -0.15) is 11.8 Å². The molecule has 7 heteroatoms. The van der Waals surface area contributed by atoms with E-state index in [1.165, 1.54) is 6.42 Å². The monoisotopic (exact) mass is 326 g/mol. The van der Waals surface area contributed by atoms with Crippen LogP contribution in [-0.2, 0) is 0 Å². The molecular weight excluding hydrogens is 308 g/mol. The smallest absolute Gasteiger partial charge is 0.274 e. The Morgan fingerprint density at radius 2 is 1.86 bits per heavy atom. The van der Waals surface area contributed by atoms with Gasteiger partial charge in [0.2, 0.25) is 5.95 Å². The van der Waals surface area contributed by atoms with E-state index in [9.17, 15) is 4.79 Å². The van der Waals surface area contributed by atoms with E-state index in [-0.39, 0.29) is 5.91 Å². The summed E-state index contributed by atoms with van der Waals surface area (Å²) in [6.07, 6.45) is 5.11. The minimum Gasteiger partial charge on any atom is -0.341 e. The average Bonchev–Trinajstić information content (AvgIpc) is 2.56. The molecule has 2 fully saturated rings. The summed E-state index contributed by atoms with van der Waals surface area (Å²) < 4.78 is 0. The highest BCUT2D eigenvalue weighted by Gasteiger charge is 2.24. The molecule has 0 radical (unpaired) electrons. The van der Waals surface area contributed by atoms with Gasteiger partial charge in [-0.1, -0.05) is 11.6 Å². The van der Waals surface area contributed by atoms with Crippen LogP contribution in [0.15, 0.2) is 6.20 Å². The van der Waals surface area contributed by atoms with Crippen molar-refractivity contribution in [1.29, 1.82) is 0 Å². The summed E-state index contributed by atoms with van der Waals surface area (Å²) >= 11 is 8.03. The summed E-state index contributed by atoms with van der Waals surface area (Å²) in [6, 6.07) is 0. The molecule has 1 aromatic rings. The van der Waals surface area contributed by atoms with Crippen molar-refractivity contribution in [2.24, 2.45) is 0 Å². The van der Waals surface area contributed by atoms with E-state index in [1.807, 2.05) is 16.7 Å². The van der Waals surface area contributed by atoms with Gasteiger partial charge in [-0.3, -0.25) is 4.79 Å². The molecule has 0 aromatic carbocycles. The maximum Gasteiger partial charge on any atom is 0.274 e. The number of carbonyl (C=O) groups is 1. The second kappa shape index (κ2) is 6.83. The van der Waals surface area contributed by atoms with Crippen LogP contribution in [0, 0.1) is 0 Å². The van der Waals surface area contributed by atoms with Crippen molar-refractivity contribution in [3.63, 3.8) is 0 Å². The van der Waals surface area contributed by atoms with Gasteiger partial charge in [0.25, 0.3) is 5.91 Å². The summed E-state index contributed by atoms with van der Waals surface area (Å²) in [5, 5.41) is 0.346. The van der Waals surface area contributed by atoms with E-state index >= 15 is 0 Å². The fraction of sp³-hybridized carbons (Fsp3) is 0.643. The number of aromatic nitrogens is 2. The maximum absolute atomic E-state index is 12.6. The van der Waals surface area contributed by atoms with Crippen molar-refractivity contribution in [2.75, 3.05) is 42.6 Å². The van der Waals surface area contributed by atoms with Gasteiger partial charge in [0.1, 0.15) is 0 Å². The number of carbonyl (C=O) groups excluding carboxylic acids is 1. The van der Waals surface area contributed by atoms with Crippen LogP contribution in [0.2, 0.25) is 5.02 Å². The normalized spacial score (nSPS) is 19.7. The van der Waals surface area contributed by atoms with Crippen LogP contribution in [0.5, 0.6) is 0 Å². The lowest BCUT2D eigenvalue weighted by Crippen LogP contribution is -2.39. The lowest BCUT2D eigenvalue weighted by Gasteiger charge is -2.28. The van der Waals surface area contributed by atoms with Crippen molar-refractivity contribution in [3.8, 4) is 0 Å². The minimum atomic E-state index is -0.0686. The Morgan fingerprint density at radius 1 is 1.14 bits per heavy atom. The number of hydrogen-bond acceptors (Lipinski definition) is 5. The quantitative estimate of drug-likeness (QED) is 0.834. The van der Waals surface area contributed by atoms with Crippen LogP contribution < -0.4 is 4.90 Å². The molecule has 0 aliphatic carbocycles. The van der Waals surface area contributed by atoms with Crippen molar-refractivity contribution in [2.45, 2.75) is 19.3 Å². The van der Waals surface area contributed by atoms with Gasteiger partial charge in [-0.05, 0) is 19.3 Å². The molecule has 2 saturated heterocycles. The molecule has 0 N–H and O–H groups in total. The summed E-state index contributed by atoms with van der Waals surface area (Å²) in [5.41, 5.74) is 0.346. The van der Waals surface area contributed by atoms with E-state index in [0.717, 1.165) is 50.5 Å². The molecule has 0 spiro atoms. The molecule has 21 heavy (non-hydrogen) atoms. The molecule has 3 rings (SSSR count). The third-order valence-electron chi connectivity index (χ3n) is 3.87. The lowest BCUT2D eigenvalue weighted by molar-refractivity contribution is 0.0766. The zero-order valence-corrected chi connectivity index (χ0v) is 13.5. The number of halogens is 1. The molecule has 0 atom stereocenters. The van der Waals surface area contributed by atoms with Crippen LogP contribution >= 0.6 is 23.4 Å². The van der Waals surface area contributed by atoms with Crippen LogP contribution in [0.4, 0.5) is 5.95 Å². The molecule has 2 aliphatic rings. The number of amides is 1. The Kier molecular flexibility index (Phi) is 4.85. The summed E-state index contributed by atoms with van der Waals surface area (Å²) in [5.74, 6) is 2.52. The fourth-order valence-corrected chi connectivity index (χ4v) is 3.75. The van der Waals surface area contributed by atoms with Crippen molar-refractivity contribution in [3.05, 3.63) is 16.9 Å². The van der Waals surface area contributed by atoms with Gasteiger partial charge in [0, 0.05) is 37.7 Å². The number of anilines is 1. The molecule has 3 heterocycles. The largest absolute Gasteiger partial charge is 0.341 e. The van der Waals surface area contributed by atoms with Gasteiger partial charge in [-0.15, -0.1) is 0 Å². The highest BCUT2D eigenvalue weighted by atomic mass is 35.5. The van der Waals surface area contributed by atoms with Crippen molar-refractivity contribution >= 4 is 35.2 Å². The van der Waals surface area contributed by atoms with Gasteiger partial charge in [-0.25, -0.2) is 9.97 Å². The standard InChI is InChI=1S/C14H19ClN4OS/c15-11-10-16-14(19-4-2-1-3-5-19)17-12(11)13(20)18-6-8-21-9-7-18/h10H,1-9H2. The Labute approximate surface area is 134 Å². The Balaban J connectivity index is 1.81. The van der Waals surface area contributed by atoms with Crippen LogP contribution in [0.1, 0.15) is 29.8 Å². The molecule has 1 aromatic heterocycles. The third kappa shape index (κ3) is 3.43. The topological polar surface area (TPSA) is 49.3 Å². The van der Waals surface area contributed by atoms with Crippen LogP contribution in [-0.4, -0.2) is 58.5 Å². The summed E-state index contributed by atoms with van der Waals surface area (Å²) in [4.78, 5) is 25.3. The molecule has 5 nitrogen and oxygen atoms in total. The second-order valence-electron chi connectivity index (χ2n) is 5.32. The molecule has 0 bridgehead atoms. The molecular formula is C14H19ClN4OS. The zero-order valence-electron chi connectivity index (χ0n) is 11.9. The van der Waals surface area contributed by atoms with Gasteiger partial charge >= 0.3 is 0 Å². The number of hydrogen-bond donors (Lipinski definition) is 0. The Bertz CT molecular complexity index is 516. The first-order valence-electron chi connectivity index (χ1n) is 7.40. The van der Waals surface area contributed by atoms with Gasteiger partial charge < -0.3 is 9.80 Å². The van der Waals surface area contributed by atoms with E-state index in [2.05, 4.69) is 14.9 Å². The molecule has 0 unspecified atom stereocenters. The predicted octanol–water partition coefficient (Wildman–Crippen LogP) is 2.31. The maximum atomic E-state index is 12.6. The van der Waals surface area contributed by atoms with E-state index < -0.39 is 0 Å². The third-order valence-corrected chi connectivity index (χ3v) is 5.09. The Hall–Kier alpha value is -1.01. The summed E-state index contributed by atoms with van der Waals surface area (Å²) in [7, 11) is 0.